The number of rotatable bonds is 8. The third-order valence-corrected chi connectivity index (χ3v) is 6.38. The van der Waals surface area contributed by atoms with Gasteiger partial charge in [0.2, 0.25) is 0 Å². The summed E-state index contributed by atoms with van der Waals surface area (Å²) in [6.45, 7) is 2.40. The molecule has 0 spiro atoms. The van der Waals surface area contributed by atoms with Gasteiger partial charge in [-0.15, -0.1) is 11.3 Å². The van der Waals surface area contributed by atoms with Gasteiger partial charge in [0, 0.05) is 23.3 Å². The Kier molecular flexibility index (Phi) is 6.83. The summed E-state index contributed by atoms with van der Waals surface area (Å²) in [7, 11) is 1.61. The highest BCUT2D eigenvalue weighted by Gasteiger charge is 2.30. The first-order valence-electron chi connectivity index (χ1n) is 10.7. The van der Waals surface area contributed by atoms with Crippen LogP contribution in [0, 0.1) is 6.92 Å². The molecule has 2 heterocycles. The van der Waals surface area contributed by atoms with Gasteiger partial charge < -0.3 is 20.4 Å². The molecular weight excluding hydrogens is 477 g/mol. The van der Waals surface area contributed by atoms with Gasteiger partial charge in [-0.05, 0) is 55.3 Å². The van der Waals surface area contributed by atoms with Crippen molar-refractivity contribution in [2.45, 2.75) is 26.1 Å². The SMILES string of the molecule is COc1ccc(CCn2c(-c3csc(Nc4cccc(C(F)(F)F)c4)n3)cc(C(N)=O)c2C)cc1. The maximum absolute atomic E-state index is 13.0. The third-order valence-electron chi connectivity index (χ3n) is 5.62. The average molecular weight is 501 g/mol. The number of nitrogens with zero attached hydrogens (tertiary/aromatic N) is 2. The third kappa shape index (κ3) is 5.48. The Labute approximate surface area is 204 Å². The second-order valence-electron chi connectivity index (χ2n) is 7.88. The van der Waals surface area contributed by atoms with E-state index in [0.29, 0.717) is 35.0 Å². The van der Waals surface area contributed by atoms with Crippen LogP contribution in [0.1, 0.15) is 27.2 Å². The standard InChI is InChI=1S/C25H23F3N4O2S/c1-15-20(23(29)33)13-22(32(15)11-10-16-6-8-19(34-2)9-7-16)21-14-35-24(31-21)30-18-5-3-4-17(12-18)25(26,27)28/h3-9,12-14H,10-11H2,1-2H3,(H2,29,33)(H,30,31). The Bertz CT molecular complexity index is 1340. The highest BCUT2D eigenvalue weighted by Crippen LogP contribution is 2.33. The van der Waals surface area contributed by atoms with Crippen LogP contribution in [0.25, 0.3) is 11.4 Å². The number of nitrogens with one attached hydrogen (secondary N) is 1. The van der Waals surface area contributed by atoms with Crippen LogP contribution >= 0.6 is 11.3 Å². The normalized spacial score (nSPS) is 11.5. The lowest BCUT2D eigenvalue weighted by atomic mass is 10.1. The molecule has 0 saturated carbocycles. The summed E-state index contributed by atoms with van der Waals surface area (Å²) in [6.07, 6.45) is -3.73. The monoisotopic (exact) mass is 500 g/mol. The smallest absolute Gasteiger partial charge is 0.416 e. The van der Waals surface area contributed by atoms with Crippen molar-refractivity contribution in [2.24, 2.45) is 5.73 Å². The van der Waals surface area contributed by atoms with E-state index in [2.05, 4.69) is 10.3 Å². The van der Waals surface area contributed by atoms with Gasteiger partial charge >= 0.3 is 6.18 Å². The van der Waals surface area contributed by atoms with Crippen molar-refractivity contribution in [3.63, 3.8) is 0 Å². The minimum absolute atomic E-state index is 0.282. The van der Waals surface area contributed by atoms with Crippen molar-refractivity contribution < 1.29 is 22.7 Å². The predicted molar refractivity (Wildman–Crippen MR) is 130 cm³/mol. The first kappa shape index (κ1) is 24.3. The number of benzene rings is 2. The van der Waals surface area contributed by atoms with Crippen molar-refractivity contribution in [1.82, 2.24) is 9.55 Å². The fourth-order valence-corrected chi connectivity index (χ4v) is 4.50. The fourth-order valence-electron chi connectivity index (χ4n) is 3.77. The highest BCUT2D eigenvalue weighted by molar-refractivity contribution is 7.14. The van der Waals surface area contributed by atoms with E-state index in [4.69, 9.17) is 10.5 Å². The number of primary amides is 1. The molecule has 2 aromatic heterocycles. The number of ether oxygens (including phenoxy) is 1. The number of carbonyl (C=O) groups excluding carboxylic acids is 1. The van der Waals surface area contributed by atoms with E-state index >= 15 is 0 Å². The molecule has 0 radical (unpaired) electrons. The number of anilines is 2. The second-order valence-corrected chi connectivity index (χ2v) is 8.74. The van der Waals surface area contributed by atoms with Crippen LogP contribution in [-0.4, -0.2) is 22.6 Å². The van der Waals surface area contributed by atoms with Crippen LogP contribution in [0.15, 0.2) is 60.0 Å². The number of hydrogen-bond acceptors (Lipinski definition) is 5. The molecule has 35 heavy (non-hydrogen) atoms. The summed E-state index contributed by atoms with van der Waals surface area (Å²) in [5, 5.41) is 5.16. The molecule has 2 aromatic carbocycles. The molecule has 0 aliphatic carbocycles. The van der Waals surface area contributed by atoms with E-state index in [1.54, 1.807) is 24.6 Å². The number of aryl methyl sites for hydroxylation is 1. The first-order chi connectivity index (χ1) is 16.7. The van der Waals surface area contributed by atoms with Crippen molar-refractivity contribution in [3.05, 3.63) is 82.4 Å². The molecule has 4 rings (SSSR count). The van der Waals surface area contributed by atoms with Gasteiger partial charge in [0.25, 0.3) is 5.91 Å². The number of thiazole rings is 1. The molecule has 0 unspecified atom stereocenters. The summed E-state index contributed by atoms with van der Waals surface area (Å²) in [6, 6.07) is 14.4. The van der Waals surface area contributed by atoms with Crippen LogP contribution in [0.5, 0.6) is 5.75 Å². The molecule has 0 bridgehead atoms. The molecule has 182 valence electrons. The van der Waals surface area contributed by atoms with Crippen LogP contribution in [0.3, 0.4) is 0 Å². The molecule has 6 nitrogen and oxygen atoms in total. The molecule has 4 aromatic rings. The molecule has 10 heteroatoms. The molecule has 0 aliphatic heterocycles. The number of nitrogens with two attached hydrogens (primary N) is 1. The largest absolute Gasteiger partial charge is 0.497 e. The fraction of sp³-hybridized carbons (Fsp3) is 0.200. The lowest BCUT2D eigenvalue weighted by Crippen LogP contribution is -2.13. The Morgan fingerprint density at radius 1 is 1.17 bits per heavy atom. The Morgan fingerprint density at radius 3 is 2.57 bits per heavy atom. The molecule has 0 saturated heterocycles. The van der Waals surface area contributed by atoms with Crippen LogP contribution in [0.4, 0.5) is 24.0 Å². The number of methoxy groups -OCH3 is 1. The predicted octanol–water partition coefficient (Wildman–Crippen LogP) is 6.03. The van der Waals surface area contributed by atoms with Gasteiger partial charge in [0.15, 0.2) is 5.13 Å². The van der Waals surface area contributed by atoms with Gasteiger partial charge in [-0.2, -0.15) is 13.2 Å². The van der Waals surface area contributed by atoms with Gasteiger partial charge in [-0.3, -0.25) is 4.79 Å². The first-order valence-corrected chi connectivity index (χ1v) is 11.6. The minimum atomic E-state index is -4.43. The van der Waals surface area contributed by atoms with E-state index in [1.165, 1.54) is 17.4 Å². The summed E-state index contributed by atoms with van der Waals surface area (Å²) in [5.41, 5.74) is 8.64. The number of amides is 1. The van der Waals surface area contributed by atoms with Gasteiger partial charge in [0.05, 0.1) is 29.6 Å². The topological polar surface area (TPSA) is 82.2 Å². The maximum atomic E-state index is 13.0. The lowest BCUT2D eigenvalue weighted by molar-refractivity contribution is -0.137. The van der Waals surface area contributed by atoms with Crippen molar-refractivity contribution in [3.8, 4) is 17.1 Å². The van der Waals surface area contributed by atoms with E-state index < -0.39 is 17.6 Å². The molecule has 0 atom stereocenters. The number of carbonyl (C=O) groups is 1. The zero-order chi connectivity index (χ0) is 25.2. The number of hydrogen-bond donors (Lipinski definition) is 2. The molecular formula is C25H23F3N4O2S. The van der Waals surface area contributed by atoms with Gasteiger partial charge in [0.1, 0.15) is 5.75 Å². The Morgan fingerprint density at radius 2 is 1.91 bits per heavy atom. The summed E-state index contributed by atoms with van der Waals surface area (Å²) in [5.74, 6) is 0.232. The maximum Gasteiger partial charge on any atom is 0.416 e. The number of halogens is 3. The average Bonchev–Trinajstić information content (AvgIpc) is 3.41. The number of alkyl halides is 3. The van der Waals surface area contributed by atoms with E-state index in [1.807, 2.05) is 35.8 Å². The van der Waals surface area contributed by atoms with Crippen molar-refractivity contribution >= 4 is 28.1 Å². The quantitative estimate of drug-likeness (QED) is 0.309. The molecule has 0 fully saturated rings. The van der Waals surface area contributed by atoms with E-state index in [-0.39, 0.29) is 5.69 Å². The zero-order valence-electron chi connectivity index (χ0n) is 19.0. The second kappa shape index (κ2) is 9.83. The number of aromatic nitrogens is 2. The van der Waals surface area contributed by atoms with Gasteiger partial charge in [-0.1, -0.05) is 18.2 Å². The van der Waals surface area contributed by atoms with Crippen molar-refractivity contribution in [2.75, 3.05) is 12.4 Å². The van der Waals surface area contributed by atoms with Gasteiger partial charge in [-0.25, -0.2) is 4.98 Å². The Balaban J connectivity index is 1.60. The van der Waals surface area contributed by atoms with Crippen LogP contribution < -0.4 is 15.8 Å². The Hall–Kier alpha value is -3.79. The lowest BCUT2D eigenvalue weighted by Gasteiger charge is -2.11. The van der Waals surface area contributed by atoms with Crippen LogP contribution in [0.2, 0.25) is 0 Å². The molecule has 1 amide bonds. The minimum Gasteiger partial charge on any atom is -0.497 e. The summed E-state index contributed by atoms with van der Waals surface area (Å²) >= 11 is 1.26. The zero-order valence-corrected chi connectivity index (χ0v) is 19.8. The molecule has 3 N–H and O–H groups in total. The van der Waals surface area contributed by atoms with Crippen molar-refractivity contribution in [1.29, 1.82) is 0 Å². The van der Waals surface area contributed by atoms with Crippen LogP contribution in [-0.2, 0) is 19.1 Å². The van der Waals surface area contributed by atoms with E-state index in [9.17, 15) is 18.0 Å². The molecule has 0 aliphatic rings. The van der Waals surface area contributed by atoms with E-state index in [0.717, 1.165) is 29.1 Å². The highest BCUT2D eigenvalue weighted by atomic mass is 32.1. The summed E-state index contributed by atoms with van der Waals surface area (Å²) in [4.78, 5) is 16.6. The summed E-state index contributed by atoms with van der Waals surface area (Å²) < 4.78 is 46.3.